The van der Waals surface area contributed by atoms with E-state index in [1.54, 1.807) is 13.0 Å². The zero-order valence-electron chi connectivity index (χ0n) is 14.2. The number of fused-ring (bicyclic) bond motifs is 1. The van der Waals surface area contributed by atoms with Gasteiger partial charge in [0, 0.05) is 12.6 Å². The summed E-state index contributed by atoms with van der Waals surface area (Å²) in [4.78, 5) is 42.0. The van der Waals surface area contributed by atoms with Crippen LogP contribution in [0, 0.1) is 0 Å². The molecule has 0 aliphatic heterocycles. The molecule has 0 aliphatic rings. The van der Waals surface area contributed by atoms with Crippen molar-refractivity contribution in [2.24, 2.45) is 14.1 Å². The minimum atomic E-state index is -0.585. The molecular formula is C16H16BrN4O5+. The Balaban J connectivity index is 2.49. The second-order valence-electron chi connectivity index (χ2n) is 5.62. The molecule has 1 aromatic carbocycles. The van der Waals surface area contributed by atoms with E-state index < -0.39 is 16.9 Å². The Labute approximate surface area is 154 Å². The highest BCUT2D eigenvalue weighted by Crippen LogP contribution is 2.38. The molecule has 3 rings (SSSR count). The van der Waals surface area contributed by atoms with Gasteiger partial charge in [0.05, 0.1) is 18.1 Å². The van der Waals surface area contributed by atoms with E-state index in [9.17, 15) is 19.5 Å². The molecule has 0 fully saturated rings. The Hall–Kier alpha value is -2.88. The summed E-state index contributed by atoms with van der Waals surface area (Å²) in [5.74, 6) is 0.102. The topological polar surface area (TPSA) is 120 Å². The molecule has 0 unspecified atom stereocenters. The fourth-order valence-corrected chi connectivity index (χ4v) is 3.17. The molecule has 3 N–H and O–H groups in total. The number of benzene rings is 1. The maximum Gasteiger partial charge on any atom is 0.439 e. The number of hydrogen-bond donors (Lipinski definition) is 2. The lowest BCUT2D eigenvalue weighted by atomic mass is 10.1. The molecule has 0 radical (unpaired) electrons. The number of hydrogen-bond acceptors (Lipinski definition) is 5. The summed E-state index contributed by atoms with van der Waals surface area (Å²) >= 11 is 3.24. The first kappa shape index (κ1) is 17.9. The third-order valence-corrected chi connectivity index (χ3v) is 4.61. The highest BCUT2D eigenvalue weighted by Gasteiger charge is 2.22. The minimum absolute atomic E-state index is 0.0925. The number of aromatic nitrogens is 4. The van der Waals surface area contributed by atoms with Gasteiger partial charge in [-0.3, -0.25) is 4.79 Å². The van der Waals surface area contributed by atoms with E-state index in [0.29, 0.717) is 16.6 Å². The van der Waals surface area contributed by atoms with Crippen LogP contribution in [0.2, 0.25) is 0 Å². The van der Waals surface area contributed by atoms with Gasteiger partial charge in [0.2, 0.25) is 5.65 Å². The molecule has 0 amide bonds. The molecule has 0 spiro atoms. The van der Waals surface area contributed by atoms with Gasteiger partial charge < -0.3 is 9.84 Å². The molecule has 2 heterocycles. The highest BCUT2D eigenvalue weighted by molar-refractivity contribution is 9.10. The number of aryl methyl sites for hydroxylation is 1. The van der Waals surface area contributed by atoms with Crippen LogP contribution in [-0.2, 0) is 14.1 Å². The first-order chi connectivity index (χ1) is 12.3. The third kappa shape index (κ3) is 2.71. The normalized spacial score (nSPS) is 11.1. The van der Waals surface area contributed by atoms with Crippen molar-refractivity contribution in [2.45, 2.75) is 6.92 Å². The van der Waals surface area contributed by atoms with Gasteiger partial charge in [-0.2, -0.15) is 0 Å². The molecule has 0 atom stereocenters. The van der Waals surface area contributed by atoms with Crippen LogP contribution in [-0.4, -0.2) is 25.8 Å². The van der Waals surface area contributed by atoms with Crippen LogP contribution in [0.4, 0.5) is 0 Å². The zero-order chi connectivity index (χ0) is 19.2. The molecule has 9 nitrogen and oxygen atoms in total. The van der Waals surface area contributed by atoms with Gasteiger partial charge in [0.15, 0.2) is 16.9 Å². The van der Waals surface area contributed by atoms with Crippen molar-refractivity contribution >= 4 is 27.0 Å². The van der Waals surface area contributed by atoms with Crippen molar-refractivity contribution in [1.29, 1.82) is 0 Å². The summed E-state index contributed by atoms with van der Waals surface area (Å²) in [6.45, 7) is 2.08. The number of halogens is 1. The third-order valence-electron chi connectivity index (χ3n) is 4.00. The predicted octanol–water partition coefficient (Wildman–Crippen LogP) is 0.273. The Morgan fingerprint density at radius 1 is 1.23 bits per heavy atom. The minimum Gasteiger partial charge on any atom is -0.503 e. The van der Waals surface area contributed by atoms with Crippen LogP contribution < -0.4 is 26.7 Å². The Kier molecular flexibility index (Phi) is 4.45. The molecular weight excluding hydrogens is 408 g/mol. The fourth-order valence-electron chi connectivity index (χ4n) is 2.73. The lowest BCUT2D eigenvalue weighted by Crippen LogP contribution is -2.43. The van der Waals surface area contributed by atoms with Crippen molar-refractivity contribution < 1.29 is 14.8 Å². The summed E-state index contributed by atoms with van der Waals surface area (Å²) in [5.41, 5.74) is -0.964. The molecule has 3 aromatic rings. The summed E-state index contributed by atoms with van der Waals surface area (Å²) in [7, 11) is 2.82. The van der Waals surface area contributed by atoms with E-state index in [0.717, 1.165) is 4.57 Å². The maximum absolute atomic E-state index is 12.7. The highest BCUT2D eigenvalue weighted by atomic mass is 79.9. The number of aromatic amines is 2. The largest absolute Gasteiger partial charge is 0.503 e. The SMILES string of the molecule is CCOc1cc(-c2[nH]c(=O)[nH+]c3c2c(=O)n(C)c(=O)n3C)cc(Br)c1O. The lowest BCUT2D eigenvalue weighted by Gasteiger charge is -2.11. The summed E-state index contributed by atoms with van der Waals surface area (Å²) in [5, 5.41) is 10.2. The van der Waals surface area contributed by atoms with Crippen LogP contribution in [0.3, 0.4) is 0 Å². The zero-order valence-corrected chi connectivity index (χ0v) is 15.8. The number of H-pyrrole nitrogens is 2. The van der Waals surface area contributed by atoms with Crippen LogP contribution in [0.5, 0.6) is 11.5 Å². The molecule has 26 heavy (non-hydrogen) atoms. The number of aromatic hydroxyl groups is 1. The second-order valence-corrected chi connectivity index (χ2v) is 6.48. The van der Waals surface area contributed by atoms with Crippen molar-refractivity contribution in [3.05, 3.63) is 47.9 Å². The van der Waals surface area contributed by atoms with E-state index in [1.165, 1.54) is 24.7 Å². The number of phenols is 1. The van der Waals surface area contributed by atoms with Gasteiger partial charge in [-0.25, -0.2) is 28.7 Å². The first-order valence-corrected chi connectivity index (χ1v) is 8.46. The van der Waals surface area contributed by atoms with Gasteiger partial charge in [-0.1, -0.05) is 0 Å². The van der Waals surface area contributed by atoms with Gasteiger partial charge >= 0.3 is 11.4 Å². The second kappa shape index (κ2) is 6.45. The van der Waals surface area contributed by atoms with Crippen molar-refractivity contribution in [1.82, 2.24) is 14.1 Å². The number of nitrogens with zero attached hydrogens (tertiary/aromatic N) is 2. The number of rotatable bonds is 3. The van der Waals surface area contributed by atoms with Crippen LogP contribution in [0.1, 0.15) is 6.92 Å². The van der Waals surface area contributed by atoms with E-state index in [-0.39, 0.29) is 28.2 Å². The first-order valence-electron chi connectivity index (χ1n) is 7.67. The molecule has 2 aromatic heterocycles. The molecule has 0 bridgehead atoms. The van der Waals surface area contributed by atoms with Gasteiger partial charge in [0.25, 0.3) is 5.56 Å². The number of phenolic OH excluding ortho intramolecular Hbond substituents is 1. The van der Waals surface area contributed by atoms with Crippen molar-refractivity contribution in [3.63, 3.8) is 0 Å². The van der Waals surface area contributed by atoms with E-state index in [2.05, 4.69) is 25.9 Å². The maximum atomic E-state index is 12.7. The standard InChI is InChI=1S/C16H15BrN4O5/c1-4-26-9-6-7(5-8(17)12(9)22)11-10-13(19-15(24)18-11)20(2)16(25)21(3)14(10)23/h5-6,22H,4H2,1-3H3,(H,18,19,24)/p+1. The fraction of sp³-hybridized carbons (Fsp3) is 0.250. The van der Waals surface area contributed by atoms with Gasteiger partial charge in [0.1, 0.15) is 5.69 Å². The van der Waals surface area contributed by atoms with E-state index >= 15 is 0 Å². The van der Waals surface area contributed by atoms with E-state index in [1.807, 2.05) is 0 Å². The predicted molar refractivity (Wildman–Crippen MR) is 97.6 cm³/mol. The summed E-state index contributed by atoms with van der Waals surface area (Å²) in [6.07, 6.45) is 0. The monoisotopic (exact) mass is 423 g/mol. The molecule has 0 aliphatic carbocycles. The average molecular weight is 424 g/mol. The smallest absolute Gasteiger partial charge is 0.439 e. The Morgan fingerprint density at radius 3 is 2.58 bits per heavy atom. The molecule has 0 saturated carbocycles. The number of ether oxygens (including phenoxy) is 1. The van der Waals surface area contributed by atoms with Crippen LogP contribution in [0.15, 0.2) is 31.0 Å². The average Bonchev–Trinajstić information content (AvgIpc) is 2.61. The molecule has 10 heteroatoms. The summed E-state index contributed by atoms with van der Waals surface area (Å²) in [6, 6.07) is 3.06. The quantitative estimate of drug-likeness (QED) is 0.626. The van der Waals surface area contributed by atoms with Crippen LogP contribution >= 0.6 is 15.9 Å². The van der Waals surface area contributed by atoms with Crippen LogP contribution in [0.25, 0.3) is 22.3 Å². The number of nitrogens with one attached hydrogen (secondary N) is 2. The summed E-state index contributed by atoms with van der Waals surface area (Å²) < 4.78 is 7.88. The Bertz CT molecular complexity index is 1210. The van der Waals surface area contributed by atoms with E-state index in [4.69, 9.17) is 4.74 Å². The van der Waals surface area contributed by atoms with Crippen molar-refractivity contribution in [3.8, 4) is 22.8 Å². The lowest BCUT2D eigenvalue weighted by molar-refractivity contribution is -0.374. The molecule has 136 valence electrons. The van der Waals surface area contributed by atoms with Crippen molar-refractivity contribution in [2.75, 3.05) is 6.61 Å². The van der Waals surface area contributed by atoms with Gasteiger partial charge in [-0.15, -0.1) is 0 Å². The molecule has 0 saturated heterocycles. The Morgan fingerprint density at radius 2 is 1.92 bits per heavy atom. The van der Waals surface area contributed by atoms with Gasteiger partial charge in [-0.05, 0) is 35.0 Å².